The number of methoxy groups -OCH3 is 1. The summed E-state index contributed by atoms with van der Waals surface area (Å²) >= 11 is 6.07. The van der Waals surface area contributed by atoms with Crippen molar-refractivity contribution in [1.29, 1.82) is 0 Å². The number of hydrogen-bond donors (Lipinski definition) is 2. The van der Waals surface area contributed by atoms with Crippen molar-refractivity contribution in [2.75, 3.05) is 17.7 Å². The van der Waals surface area contributed by atoms with Crippen LogP contribution in [0.2, 0.25) is 5.02 Å². The van der Waals surface area contributed by atoms with Gasteiger partial charge in [-0.1, -0.05) is 35.9 Å². The molecule has 1 aromatic heterocycles. The standard InChI is InChI=1S/C19H16ClN3O2/c1-25-18-9-5-4-8-16(18)22-13-10-11-21-17(12-13)19(24)23-15-7-3-2-6-14(15)20/h2-12H,1H3,(H,21,22)(H,23,24). The number of benzene rings is 2. The second-order valence-corrected chi connectivity index (χ2v) is 5.60. The van der Waals surface area contributed by atoms with Crippen LogP contribution in [0.5, 0.6) is 5.75 Å². The summed E-state index contributed by atoms with van der Waals surface area (Å²) in [5, 5.41) is 6.45. The van der Waals surface area contributed by atoms with Crippen LogP contribution >= 0.6 is 11.6 Å². The molecule has 0 aliphatic carbocycles. The van der Waals surface area contributed by atoms with Gasteiger partial charge in [0.15, 0.2) is 0 Å². The summed E-state index contributed by atoms with van der Waals surface area (Å²) in [4.78, 5) is 16.5. The average molecular weight is 354 g/mol. The minimum atomic E-state index is -0.336. The van der Waals surface area contributed by atoms with Gasteiger partial charge in [-0.3, -0.25) is 9.78 Å². The van der Waals surface area contributed by atoms with Gasteiger partial charge < -0.3 is 15.4 Å². The van der Waals surface area contributed by atoms with E-state index < -0.39 is 0 Å². The van der Waals surface area contributed by atoms with Crippen molar-refractivity contribution < 1.29 is 9.53 Å². The van der Waals surface area contributed by atoms with Gasteiger partial charge in [-0.15, -0.1) is 0 Å². The Balaban J connectivity index is 1.79. The van der Waals surface area contributed by atoms with Crippen molar-refractivity contribution in [1.82, 2.24) is 4.98 Å². The molecule has 126 valence electrons. The highest BCUT2D eigenvalue weighted by molar-refractivity contribution is 6.33. The fraction of sp³-hybridized carbons (Fsp3) is 0.0526. The molecule has 6 heteroatoms. The lowest BCUT2D eigenvalue weighted by atomic mass is 10.2. The first-order valence-electron chi connectivity index (χ1n) is 7.59. The number of rotatable bonds is 5. The van der Waals surface area contributed by atoms with E-state index in [9.17, 15) is 4.79 Å². The van der Waals surface area contributed by atoms with Gasteiger partial charge in [0.2, 0.25) is 0 Å². The highest BCUT2D eigenvalue weighted by Gasteiger charge is 2.11. The van der Waals surface area contributed by atoms with Gasteiger partial charge in [-0.05, 0) is 36.4 Å². The zero-order valence-corrected chi connectivity index (χ0v) is 14.2. The zero-order valence-electron chi connectivity index (χ0n) is 13.5. The van der Waals surface area contributed by atoms with E-state index in [-0.39, 0.29) is 11.6 Å². The summed E-state index contributed by atoms with van der Waals surface area (Å²) in [5.74, 6) is 0.373. The summed E-state index contributed by atoms with van der Waals surface area (Å²) in [6.45, 7) is 0. The molecule has 3 rings (SSSR count). The third-order valence-electron chi connectivity index (χ3n) is 3.50. The van der Waals surface area contributed by atoms with E-state index in [4.69, 9.17) is 16.3 Å². The monoisotopic (exact) mass is 353 g/mol. The van der Waals surface area contributed by atoms with E-state index in [0.717, 1.165) is 11.4 Å². The molecule has 0 fully saturated rings. The second kappa shape index (κ2) is 7.68. The number of halogens is 1. The Morgan fingerprint density at radius 2 is 1.76 bits per heavy atom. The second-order valence-electron chi connectivity index (χ2n) is 5.19. The summed E-state index contributed by atoms with van der Waals surface area (Å²) in [6, 6.07) is 18.0. The Morgan fingerprint density at radius 1 is 1.04 bits per heavy atom. The molecule has 0 unspecified atom stereocenters. The Labute approximate surface area is 150 Å². The minimum Gasteiger partial charge on any atom is -0.495 e. The number of hydrogen-bond acceptors (Lipinski definition) is 4. The Morgan fingerprint density at radius 3 is 2.52 bits per heavy atom. The Hall–Kier alpha value is -3.05. The molecule has 0 aliphatic rings. The largest absolute Gasteiger partial charge is 0.495 e. The molecule has 5 nitrogen and oxygen atoms in total. The molecule has 0 bridgehead atoms. The van der Waals surface area contributed by atoms with Crippen molar-refractivity contribution in [2.45, 2.75) is 0 Å². The molecule has 0 saturated carbocycles. The maximum atomic E-state index is 12.4. The normalized spacial score (nSPS) is 10.2. The molecule has 0 atom stereocenters. The molecule has 1 heterocycles. The molecule has 0 radical (unpaired) electrons. The highest BCUT2D eigenvalue weighted by atomic mass is 35.5. The maximum absolute atomic E-state index is 12.4. The number of pyridine rings is 1. The number of aromatic nitrogens is 1. The number of ether oxygens (including phenoxy) is 1. The van der Waals surface area contributed by atoms with Crippen molar-refractivity contribution in [3.05, 3.63) is 77.6 Å². The van der Waals surface area contributed by atoms with Crippen LogP contribution in [-0.4, -0.2) is 18.0 Å². The first-order chi connectivity index (χ1) is 12.2. The van der Waals surface area contributed by atoms with Crippen LogP contribution in [0.25, 0.3) is 0 Å². The average Bonchev–Trinajstić information content (AvgIpc) is 2.64. The first-order valence-corrected chi connectivity index (χ1v) is 7.97. The van der Waals surface area contributed by atoms with Crippen LogP contribution in [0.15, 0.2) is 66.9 Å². The van der Waals surface area contributed by atoms with Crippen LogP contribution < -0.4 is 15.4 Å². The lowest BCUT2D eigenvalue weighted by molar-refractivity contribution is 0.102. The van der Waals surface area contributed by atoms with Gasteiger partial charge in [0, 0.05) is 11.9 Å². The fourth-order valence-electron chi connectivity index (χ4n) is 2.28. The number of para-hydroxylation sites is 3. The lowest BCUT2D eigenvalue weighted by Crippen LogP contribution is -2.14. The highest BCUT2D eigenvalue weighted by Crippen LogP contribution is 2.27. The van der Waals surface area contributed by atoms with Crippen molar-refractivity contribution in [2.24, 2.45) is 0 Å². The third-order valence-corrected chi connectivity index (χ3v) is 3.83. The molecule has 0 saturated heterocycles. The van der Waals surface area contributed by atoms with E-state index in [1.54, 1.807) is 49.7 Å². The molecular formula is C19H16ClN3O2. The van der Waals surface area contributed by atoms with Crippen molar-refractivity contribution >= 4 is 34.6 Å². The Kier molecular flexibility index (Phi) is 5.16. The van der Waals surface area contributed by atoms with E-state index >= 15 is 0 Å². The lowest BCUT2D eigenvalue weighted by Gasteiger charge is -2.12. The summed E-state index contributed by atoms with van der Waals surface area (Å²) in [5.41, 5.74) is 2.34. The minimum absolute atomic E-state index is 0.278. The Bertz CT molecular complexity index is 899. The van der Waals surface area contributed by atoms with E-state index in [1.165, 1.54) is 0 Å². The molecule has 3 aromatic rings. The quantitative estimate of drug-likeness (QED) is 0.695. The molecule has 0 spiro atoms. The van der Waals surface area contributed by atoms with Gasteiger partial charge in [-0.2, -0.15) is 0 Å². The number of anilines is 3. The number of nitrogens with zero attached hydrogens (tertiary/aromatic N) is 1. The smallest absolute Gasteiger partial charge is 0.274 e. The molecule has 0 aliphatic heterocycles. The number of amides is 1. The van der Waals surface area contributed by atoms with Gasteiger partial charge >= 0.3 is 0 Å². The molecule has 25 heavy (non-hydrogen) atoms. The van der Waals surface area contributed by atoms with Crippen LogP contribution in [0.3, 0.4) is 0 Å². The predicted molar refractivity (Wildman–Crippen MR) is 99.9 cm³/mol. The molecular weight excluding hydrogens is 338 g/mol. The summed E-state index contributed by atoms with van der Waals surface area (Å²) < 4.78 is 5.32. The van der Waals surface area contributed by atoms with Gasteiger partial charge in [0.25, 0.3) is 5.91 Å². The van der Waals surface area contributed by atoms with Crippen LogP contribution in [0.4, 0.5) is 17.1 Å². The van der Waals surface area contributed by atoms with Crippen molar-refractivity contribution in [3.8, 4) is 5.75 Å². The van der Waals surface area contributed by atoms with Crippen LogP contribution in [0.1, 0.15) is 10.5 Å². The molecule has 1 amide bonds. The zero-order chi connectivity index (χ0) is 17.6. The predicted octanol–water partition coefficient (Wildman–Crippen LogP) is 4.74. The fourth-order valence-corrected chi connectivity index (χ4v) is 2.47. The van der Waals surface area contributed by atoms with E-state index in [0.29, 0.717) is 16.5 Å². The van der Waals surface area contributed by atoms with E-state index in [2.05, 4.69) is 15.6 Å². The van der Waals surface area contributed by atoms with Gasteiger partial charge in [0.05, 0.1) is 23.5 Å². The van der Waals surface area contributed by atoms with Gasteiger partial charge in [-0.25, -0.2) is 0 Å². The SMILES string of the molecule is COc1ccccc1Nc1ccnc(C(=O)Nc2ccccc2Cl)c1. The van der Waals surface area contributed by atoms with Crippen LogP contribution in [-0.2, 0) is 0 Å². The van der Waals surface area contributed by atoms with Crippen molar-refractivity contribution in [3.63, 3.8) is 0 Å². The van der Waals surface area contributed by atoms with Gasteiger partial charge in [0.1, 0.15) is 11.4 Å². The summed E-state index contributed by atoms with van der Waals surface area (Å²) in [7, 11) is 1.61. The number of carbonyl (C=O) groups is 1. The van der Waals surface area contributed by atoms with Crippen LogP contribution in [0, 0.1) is 0 Å². The first kappa shape index (κ1) is 16.8. The molecule has 2 N–H and O–H groups in total. The third kappa shape index (κ3) is 4.08. The van der Waals surface area contributed by atoms with E-state index in [1.807, 2.05) is 24.3 Å². The topological polar surface area (TPSA) is 63.2 Å². The molecule has 2 aromatic carbocycles. The number of carbonyl (C=O) groups excluding carboxylic acids is 1. The maximum Gasteiger partial charge on any atom is 0.274 e. The number of nitrogens with one attached hydrogen (secondary N) is 2. The summed E-state index contributed by atoms with van der Waals surface area (Å²) in [6.07, 6.45) is 1.57.